The predicted molar refractivity (Wildman–Crippen MR) is 88.0 cm³/mol. The van der Waals surface area contributed by atoms with E-state index in [1.807, 2.05) is 0 Å². The summed E-state index contributed by atoms with van der Waals surface area (Å²) in [6.45, 7) is 7.35. The Morgan fingerprint density at radius 3 is 2.21 bits per heavy atom. The van der Waals surface area contributed by atoms with Gasteiger partial charge in [0.05, 0.1) is 0 Å². The Balaban J connectivity index is 1.92. The van der Waals surface area contributed by atoms with Crippen LogP contribution in [0.3, 0.4) is 0 Å². The predicted octanol–water partition coefficient (Wildman–Crippen LogP) is 4.77. The first-order valence-corrected chi connectivity index (χ1v) is 9.13. The summed E-state index contributed by atoms with van der Waals surface area (Å²) in [6.07, 6.45) is 12.9. The molecule has 2 fully saturated rings. The number of nitrogens with zero attached hydrogens (tertiary/aromatic N) is 1. The van der Waals surface area contributed by atoms with Crippen LogP contribution in [-0.2, 0) is 0 Å². The quantitative estimate of drug-likeness (QED) is 0.520. The van der Waals surface area contributed by atoms with E-state index in [-0.39, 0.29) is 0 Å². The van der Waals surface area contributed by atoms with Crippen molar-refractivity contribution in [3.05, 3.63) is 0 Å². The SMILES string of the molecule is CC(C)CCN(CC1(CS)CCCCCC1)C1CC1. The van der Waals surface area contributed by atoms with E-state index >= 15 is 0 Å². The highest BCUT2D eigenvalue weighted by Gasteiger charge is 2.36. The van der Waals surface area contributed by atoms with Gasteiger partial charge in [0.1, 0.15) is 0 Å². The van der Waals surface area contributed by atoms with Crippen molar-refractivity contribution >= 4 is 12.6 Å². The summed E-state index contributed by atoms with van der Waals surface area (Å²) < 4.78 is 0. The molecule has 112 valence electrons. The van der Waals surface area contributed by atoms with Crippen molar-refractivity contribution in [2.24, 2.45) is 11.3 Å². The molecule has 0 aromatic rings. The average Bonchev–Trinajstić information content (AvgIpc) is 3.21. The standard InChI is InChI=1S/C17H33NS/c1-15(2)9-12-18(16-7-8-16)13-17(14-19)10-5-3-4-6-11-17/h15-16,19H,3-14H2,1-2H3. The van der Waals surface area contributed by atoms with Crippen LogP contribution in [0.4, 0.5) is 0 Å². The van der Waals surface area contributed by atoms with E-state index in [0.29, 0.717) is 5.41 Å². The minimum absolute atomic E-state index is 0.527. The summed E-state index contributed by atoms with van der Waals surface area (Å²) in [5, 5.41) is 0. The lowest BCUT2D eigenvalue weighted by atomic mass is 9.81. The van der Waals surface area contributed by atoms with Crippen LogP contribution in [0.15, 0.2) is 0 Å². The van der Waals surface area contributed by atoms with Crippen molar-refractivity contribution in [2.45, 2.75) is 77.7 Å². The van der Waals surface area contributed by atoms with Crippen molar-refractivity contribution < 1.29 is 0 Å². The zero-order valence-corrected chi connectivity index (χ0v) is 13.9. The fourth-order valence-corrected chi connectivity index (χ4v) is 3.95. The molecule has 0 radical (unpaired) electrons. The van der Waals surface area contributed by atoms with Crippen LogP contribution in [0.1, 0.15) is 71.6 Å². The highest BCUT2D eigenvalue weighted by molar-refractivity contribution is 7.80. The molecule has 0 unspecified atom stereocenters. The Kier molecular flexibility index (Phi) is 6.08. The van der Waals surface area contributed by atoms with Gasteiger partial charge in [-0.25, -0.2) is 0 Å². The number of thiol groups is 1. The molecule has 0 atom stereocenters. The van der Waals surface area contributed by atoms with Crippen LogP contribution >= 0.6 is 12.6 Å². The molecule has 0 aromatic heterocycles. The molecule has 2 saturated carbocycles. The maximum Gasteiger partial charge on any atom is 0.00966 e. The summed E-state index contributed by atoms with van der Waals surface area (Å²) in [6, 6.07) is 0.916. The van der Waals surface area contributed by atoms with Crippen LogP contribution < -0.4 is 0 Å². The highest BCUT2D eigenvalue weighted by atomic mass is 32.1. The van der Waals surface area contributed by atoms with Gasteiger partial charge in [0.25, 0.3) is 0 Å². The van der Waals surface area contributed by atoms with E-state index in [4.69, 9.17) is 12.6 Å². The maximum absolute atomic E-state index is 4.74. The molecule has 19 heavy (non-hydrogen) atoms. The van der Waals surface area contributed by atoms with Crippen molar-refractivity contribution in [3.63, 3.8) is 0 Å². The molecular weight excluding hydrogens is 250 g/mol. The summed E-state index contributed by atoms with van der Waals surface area (Å²) in [5.41, 5.74) is 0.527. The number of hydrogen-bond donors (Lipinski definition) is 1. The van der Waals surface area contributed by atoms with Gasteiger partial charge in [0.15, 0.2) is 0 Å². The molecule has 2 rings (SSSR count). The van der Waals surface area contributed by atoms with Gasteiger partial charge < -0.3 is 0 Å². The summed E-state index contributed by atoms with van der Waals surface area (Å²) in [7, 11) is 0. The molecular formula is C17H33NS. The zero-order valence-electron chi connectivity index (χ0n) is 13.0. The van der Waals surface area contributed by atoms with E-state index in [9.17, 15) is 0 Å². The first-order valence-electron chi connectivity index (χ1n) is 8.50. The van der Waals surface area contributed by atoms with E-state index in [1.54, 1.807) is 0 Å². The van der Waals surface area contributed by atoms with Gasteiger partial charge in [-0.3, -0.25) is 4.90 Å². The Morgan fingerprint density at radius 2 is 1.74 bits per heavy atom. The van der Waals surface area contributed by atoms with Gasteiger partial charge in [0.2, 0.25) is 0 Å². The summed E-state index contributed by atoms with van der Waals surface area (Å²) in [4.78, 5) is 2.82. The summed E-state index contributed by atoms with van der Waals surface area (Å²) >= 11 is 4.74. The molecule has 2 aliphatic carbocycles. The van der Waals surface area contributed by atoms with E-state index < -0.39 is 0 Å². The number of rotatable bonds is 7. The molecule has 0 N–H and O–H groups in total. The molecule has 0 aromatic carbocycles. The number of hydrogen-bond acceptors (Lipinski definition) is 2. The Hall–Kier alpha value is 0.310. The van der Waals surface area contributed by atoms with Crippen LogP contribution in [0.2, 0.25) is 0 Å². The fraction of sp³-hybridized carbons (Fsp3) is 1.00. The summed E-state index contributed by atoms with van der Waals surface area (Å²) in [5.74, 6) is 1.93. The Labute approximate surface area is 125 Å². The molecule has 0 aliphatic heterocycles. The lowest BCUT2D eigenvalue weighted by Crippen LogP contribution is -2.41. The zero-order chi connectivity index (χ0) is 13.7. The topological polar surface area (TPSA) is 3.24 Å². The normalized spacial score (nSPS) is 23.8. The van der Waals surface area contributed by atoms with Gasteiger partial charge in [-0.05, 0) is 55.7 Å². The molecule has 1 nitrogen and oxygen atoms in total. The molecule has 0 heterocycles. The largest absolute Gasteiger partial charge is 0.300 e. The van der Waals surface area contributed by atoms with Crippen molar-refractivity contribution in [1.29, 1.82) is 0 Å². The van der Waals surface area contributed by atoms with Crippen LogP contribution in [-0.4, -0.2) is 29.8 Å². The van der Waals surface area contributed by atoms with Gasteiger partial charge in [-0.15, -0.1) is 0 Å². The van der Waals surface area contributed by atoms with E-state index in [0.717, 1.165) is 17.7 Å². The van der Waals surface area contributed by atoms with Gasteiger partial charge in [-0.1, -0.05) is 39.5 Å². The van der Waals surface area contributed by atoms with Gasteiger partial charge in [0, 0.05) is 12.6 Å². The molecule has 0 bridgehead atoms. The van der Waals surface area contributed by atoms with Crippen LogP contribution in [0.25, 0.3) is 0 Å². The molecule has 0 amide bonds. The van der Waals surface area contributed by atoms with Gasteiger partial charge >= 0.3 is 0 Å². The fourth-order valence-electron chi connectivity index (χ4n) is 3.53. The molecule has 2 aliphatic rings. The lowest BCUT2D eigenvalue weighted by Gasteiger charge is -2.37. The lowest BCUT2D eigenvalue weighted by molar-refractivity contribution is 0.138. The van der Waals surface area contributed by atoms with Crippen molar-refractivity contribution in [3.8, 4) is 0 Å². The second-order valence-electron chi connectivity index (χ2n) is 7.46. The first kappa shape index (κ1) is 15.7. The second-order valence-corrected chi connectivity index (χ2v) is 7.77. The third kappa shape index (κ3) is 4.97. The second kappa shape index (κ2) is 7.36. The third-order valence-electron chi connectivity index (χ3n) is 5.10. The minimum atomic E-state index is 0.527. The maximum atomic E-state index is 4.74. The molecule has 0 spiro atoms. The monoisotopic (exact) mass is 283 g/mol. The average molecular weight is 284 g/mol. The van der Waals surface area contributed by atoms with Crippen molar-refractivity contribution in [1.82, 2.24) is 4.90 Å². The van der Waals surface area contributed by atoms with E-state index in [1.165, 1.54) is 70.9 Å². The van der Waals surface area contributed by atoms with E-state index in [2.05, 4.69) is 18.7 Å². The smallest absolute Gasteiger partial charge is 0.00966 e. The van der Waals surface area contributed by atoms with Crippen LogP contribution in [0, 0.1) is 11.3 Å². The first-order chi connectivity index (χ1) is 9.15. The molecule has 2 heteroatoms. The van der Waals surface area contributed by atoms with Crippen molar-refractivity contribution in [2.75, 3.05) is 18.8 Å². The Bertz CT molecular complexity index is 252. The third-order valence-corrected chi connectivity index (χ3v) is 5.77. The molecule has 0 saturated heterocycles. The minimum Gasteiger partial charge on any atom is -0.300 e. The van der Waals surface area contributed by atoms with Gasteiger partial charge in [-0.2, -0.15) is 12.6 Å². The van der Waals surface area contributed by atoms with Crippen LogP contribution in [0.5, 0.6) is 0 Å². The highest BCUT2D eigenvalue weighted by Crippen LogP contribution is 2.39. The Morgan fingerprint density at radius 1 is 1.11 bits per heavy atom.